The van der Waals surface area contributed by atoms with Crippen molar-refractivity contribution < 1.29 is 27.0 Å². The molecule has 2 amide bonds. The lowest BCUT2D eigenvalue weighted by atomic mass is 9.85. The van der Waals surface area contributed by atoms with Gasteiger partial charge in [-0.1, -0.05) is 29.8 Å². The second kappa shape index (κ2) is 4.73. The zero-order valence-corrected chi connectivity index (χ0v) is 12.9. The Morgan fingerprint density at radius 3 is 2.04 bits per heavy atom. The SMILES string of the molecule is Cc1ccc(S(=O)(=O)ON2C(=O)C3C4C=CC(O4)C3C2=O)cc1. The van der Waals surface area contributed by atoms with Crippen LogP contribution in [-0.2, 0) is 28.7 Å². The van der Waals surface area contributed by atoms with Crippen molar-refractivity contribution in [2.75, 3.05) is 0 Å². The van der Waals surface area contributed by atoms with Crippen molar-refractivity contribution in [3.8, 4) is 0 Å². The molecule has 1 aromatic carbocycles. The lowest BCUT2D eigenvalue weighted by Gasteiger charge is -2.16. The summed E-state index contributed by atoms with van der Waals surface area (Å²) in [5.41, 5.74) is 0.881. The van der Waals surface area contributed by atoms with Crippen LogP contribution in [0.4, 0.5) is 0 Å². The van der Waals surface area contributed by atoms with E-state index in [4.69, 9.17) is 9.02 Å². The molecule has 3 aliphatic heterocycles. The van der Waals surface area contributed by atoms with Crippen molar-refractivity contribution >= 4 is 21.9 Å². The number of rotatable bonds is 3. The van der Waals surface area contributed by atoms with Gasteiger partial charge in [0.25, 0.3) is 11.8 Å². The molecule has 3 aliphatic rings. The van der Waals surface area contributed by atoms with Crippen LogP contribution in [0.25, 0.3) is 0 Å². The van der Waals surface area contributed by atoms with E-state index in [0.717, 1.165) is 5.56 Å². The lowest BCUT2D eigenvalue weighted by molar-refractivity contribution is -0.168. The summed E-state index contributed by atoms with van der Waals surface area (Å²) in [5, 5.41) is 0.375. The van der Waals surface area contributed by atoms with Gasteiger partial charge >= 0.3 is 10.1 Å². The molecule has 7 nitrogen and oxygen atoms in total. The van der Waals surface area contributed by atoms with Gasteiger partial charge in [0.05, 0.1) is 28.9 Å². The smallest absolute Gasteiger partial charge is 0.318 e. The summed E-state index contributed by atoms with van der Waals surface area (Å²) in [6.45, 7) is 1.81. The molecule has 2 fully saturated rings. The van der Waals surface area contributed by atoms with Gasteiger partial charge in [0.15, 0.2) is 0 Å². The van der Waals surface area contributed by atoms with Gasteiger partial charge < -0.3 is 4.74 Å². The van der Waals surface area contributed by atoms with Crippen LogP contribution in [0.3, 0.4) is 0 Å². The Morgan fingerprint density at radius 1 is 1.00 bits per heavy atom. The number of carbonyl (C=O) groups is 2. The van der Waals surface area contributed by atoms with Crippen LogP contribution in [0.5, 0.6) is 0 Å². The summed E-state index contributed by atoms with van der Waals surface area (Å²) >= 11 is 0. The molecule has 0 spiro atoms. The second-order valence-electron chi connectivity index (χ2n) is 5.81. The van der Waals surface area contributed by atoms with E-state index in [0.29, 0.717) is 5.06 Å². The van der Waals surface area contributed by atoms with Gasteiger partial charge in [-0.15, -0.1) is 9.35 Å². The highest BCUT2D eigenvalue weighted by atomic mass is 32.2. The summed E-state index contributed by atoms with van der Waals surface area (Å²) in [5.74, 6) is -2.75. The molecule has 4 atom stereocenters. The van der Waals surface area contributed by atoms with Crippen LogP contribution in [0.1, 0.15) is 5.56 Å². The maximum Gasteiger partial charge on any atom is 0.318 e. The number of benzene rings is 1. The third-order valence-electron chi connectivity index (χ3n) is 4.35. The van der Waals surface area contributed by atoms with Crippen molar-refractivity contribution in [3.63, 3.8) is 0 Å². The summed E-state index contributed by atoms with van der Waals surface area (Å²) in [4.78, 5) is 24.6. The van der Waals surface area contributed by atoms with Gasteiger partial charge in [-0.3, -0.25) is 9.59 Å². The number of hydrogen-bond acceptors (Lipinski definition) is 6. The van der Waals surface area contributed by atoms with Crippen LogP contribution in [0.15, 0.2) is 41.3 Å². The Kier molecular flexibility index (Phi) is 2.99. The molecule has 0 radical (unpaired) electrons. The van der Waals surface area contributed by atoms with Gasteiger partial charge in [0, 0.05) is 0 Å². The molecule has 4 rings (SSSR count). The van der Waals surface area contributed by atoms with E-state index in [-0.39, 0.29) is 4.90 Å². The molecule has 3 heterocycles. The number of amides is 2. The molecule has 2 saturated heterocycles. The van der Waals surface area contributed by atoms with E-state index in [9.17, 15) is 18.0 Å². The van der Waals surface area contributed by atoms with Gasteiger partial charge in [-0.05, 0) is 19.1 Å². The molecule has 8 heteroatoms. The quantitative estimate of drug-likeness (QED) is 0.592. The van der Waals surface area contributed by atoms with E-state index in [1.165, 1.54) is 12.1 Å². The maximum atomic E-state index is 12.4. The first-order valence-corrected chi connectivity index (χ1v) is 8.52. The predicted molar refractivity (Wildman–Crippen MR) is 76.1 cm³/mol. The summed E-state index contributed by atoms with van der Waals surface area (Å²) in [6, 6.07) is 5.95. The van der Waals surface area contributed by atoms with E-state index in [2.05, 4.69) is 0 Å². The Bertz CT molecular complexity index is 798. The van der Waals surface area contributed by atoms with Crippen molar-refractivity contribution in [2.45, 2.75) is 24.0 Å². The van der Waals surface area contributed by atoms with Gasteiger partial charge in [-0.2, -0.15) is 8.42 Å². The number of carbonyl (C=O) groups excluding carboxylic acids is 2. The Balaban J connectivity index is 1.61. The monoisotopic (exact) mass is 335 g/mol. The number of aryl methyl sites for hydroxylation is 1. The van der Waals surface area contributed by atoms with Crippen molar-refractivity contribution in [1.82, 2.24) is 5.06 Å². The van der Waals surface area contributed by atoms with E-state index in [1.807, 2.05) is 6.92 Å². The number of ether oxygens (including phenoxy) is 1. The van der Waals surface area contributed by atoms with Crippen molar-refractivity contribution in [2.24, 2.45) is 11.8 Å². The Hall–Kier alpha value is -2.03. The van der Waals surface area contributed by atoms with Crippen LogP contribution in [0.2, 0.25) is 0 Å². The number of hydroxylamine groups is 2. The topological polar surface area (TPSA) is 90.0 Å². The lowest BCUT2D eigenvalue weighted by Crippen LogP contribution is -2.36. The van der Waals surface area contributed by atoms with Crippen LogP contribution < -0.4 is 0 Å². The number of fused-ring (bicyclic) bond motifs is 5. The molecule has 0 saturated carbocycles. The molecule has 0 N–H and O–H groups in total. The van der Waals surface area contributed by atoms with Gasteiger partial charge in [0.2, 0.25) is 0 Å². The number of hydrogen-bond donors (Lipinski definition) is 0. The zero-order chi connectivity index (χ0) is 16.4. The van der Waals surface area contributed by atoms with Gasteiger partial charge in [-0.25, -0.2) is 0 Å². The molecule has 0 aliphatic carbocycles. The van der Waals surface area contributed by atoms with E-state index < -0.39 is 46.0 Å². The summed E-state index contributed by atoms with van der Waals surface area (Å²) < 4.78 is 34.9. The van der Waals surface area contributed by atoms with E-state index >= 15 is 0 Å². The highest BCUT2D eigenvalue weighted by Crippen LogP contribution is 2.45. The maximum absolute atomic E-state index is 12.4. The fraction of sp³-hybridized carbons (Fsp3) is 0.333. The Morgan fingerprint density at radius 2 is 1.52 bits per heavy atom. The number of imide groups is 1. The molecular weight excluding hydrogens is 322 g/mol. The third-order valence-corrected chi connectivity index (χ3v) is 5.55. The third kappa shape index (κ3) is 2.06. The largest absolute Gasteiger partial charge is 0.365 e. The highest BCUT2D eigenvalue weighted by Gasteiger charge is 2.62. The minimum atomic E-state index is -4.25. The first kappa shape index (κ1) is 14.6. The fourth-order valence-corrected chi connectivity index (χ4v) is 4.09. The van der Waals surface area contributed by atoms with E-state index in [1.54, 1.807) is 24.3 Å². The highest BCUT2D eigenvalue weighted by molar-refractivity contribution is 7.86. The van der Waals surface area contributed by atoms with Gasteiger partial charge in [0.1, 0.15) is 0 Å². The van der Waals surface area contributed by atoms with Crippen LogP contribution in [-0.4, -0.2) is 37.5 Å². The average Bonchev–Trinajstić information content (AvgIpc) is 3.17. The molecular formula is C15H13NO6S. The molecule has 120 valence electrons. The number of nitrogens with zero attached hydrogens (tertiary/aromatic N) is 1. The standard InChI is InChI=1S/C15H13NO6S/c1-8-2-4-9(5-3-8)23(19,20)22-16-14(17)12-10-6-7-11(21-10)13(12)15(16)18/h2-7,10-13H,1H3. The minimum Gasteiger partial charge on any atom is -0.365 e. The van der Waals surface area contributed by atoms with Crippen LogP contribution in [0, 0.1) is 18.8 Å². The average molecular weight is 335 g/mol. The molecule has 1 aromatic rings. The Labute approximate surface area is 132 Å². The molecule has 0 aromatic heterocycles. The molecule has 2 bridgehead atoms. The first-order valence-electron chi connectivity index (χ1n) is 7.11. The molecule has 4 unspecified atom stereocenters. The normalized spacial score (nSPS) is 32.0. The summed E-state index contributed by atoms with van der Waals surface area (Å²) in [6.07, 6.45) is 2.46. The first-order chi connectivity index (χ1) is 10.9. The molecule has 23 heavy (non-hydrogen) atoms. The zero-order valence-electron chi connectivity index (χ0n) is 12.1. The van der Waals surface area contributed by atoms with Crippen molar-refractivity contribution in [3.05, 3.63) is 42.0 Å². The predicted octanol–water partition coefficient (Wildman–Crippen LogP) is 0.554. The minimum absolute atomic E-state index is 0.113. The fourth-order valence-electron chi connectivity index (χ4n) is 3.20. The second-order valence-corrected chi connectivity index (χ2v) is 7.34. The van der Waals surface area contributed by atoms with Crippen LogP contribution >= 0.6 is 0 Å². The van der Waals surface area contributed by atoms with Crippen molar-refractivity contribution in [1.29, 1.82) is 0 Å². The summed E-state index contributed by atoms with van der Waals surface area (Å²) in [7, 11) is -4.25.